The van der Waals surface area contributed by atoms with Crippen LogP contribution in [0, 0.1) is 0 Å². The highest BCUT2D eigenvalue weighted by Gasteiger charge is 2.34. The number of thiocarbonyl (C=S) groups is 1. The largest absolute Gasteiger partial charge is 0.357 e. The molecular weight excluding hydrogens is 402 g/mol. The molecule has 164 valence electrons. The van der Waals surface area contributed by atoms with Crippen LogP contribution in [0.3, 0.4) is 0 Å². The van der Waals surface area contributed by atoms with Crippen LogP contribution in [0.5, 0.6) is 0 Å². The molecule has 4 nitrogen and oxygen atoms in total. The van der Waals surface area contributed by atoms with Gasteiger partial charge in [-0.25, -0.2) is 0 Å². The second-order valence-electron chi connectivity index (χ2n) is 8.98. The van der Waals surface area contributed by atoms with Gasteiger partial charge in [0.15, 0.2) is 5.11 Å². The van der Waals surface area contributed by atoms with Gasteiger partial charge in [-0.2, -0.15) is 0 Å². The molecule has 1 amide bonds. The molecule has 2 aromatic rings. The van der Waals surface area contributed by atoms with Gasteiger partial charge >= 0.3 is 0 Å². The number of hydrogen-bond donors (Lipinski definition) is 2. The van der Waals surface area contributed by atoms with E-state index in [2.05, 4.69) is 41.0 Å². The SMILES string of the molecule is O=C(c1ccc(NC(=S)NC2(CCc3ccccc3)CCCC2)cc1)N1CCCCC1. The summed E-state index contributed by atoms with van der Waals surface area (Å²) in [6.45, 7) is 1.75. The van der Waals surface area contributed by atoms with Crippen molar-refractivity contribution in [1.29, 1.82) is 0 Å². The first kappa shape index (κ1) is 21.8. The zero-order valence-electron chi connectivity index (χ0n) is 18.2. The predicted molar refractivity (Wildman–Crippen MR) is 132 cm³/mol. The Morgan fingerprint density at radius 3 is 2.26 bits per heavy atom. The topological polar surface area (TPSA) is 44.4 Å². The van der Waals surface area contributed by atoms with Gasteiger partial charge in [0.1, 0.15) is 0 Å². The third kappa shape index (κ3) is 5.85. The molecule has 2 aromatic carbocycles. The van der Waals surface area contributed by atoms with Crippen LogP contribution in [0.1, 0.15) is 67.3 Å². The van der Waals surface area contributed by atoms with Crippen LogP contribution in [0.4, 0.5) is 5.69 Å². The Hall–Kier alpha value is -2.40. The van der Waals surface area contributed by atoms with Gasteiger partial charge in [-0.05, 0) is 87.0 Å². The highest BCUT2D eigenvalue weighted by atomic mass is 32.1. The monoisotopic (exact) mass is 435 g/mol. The number of amides is 1. The summed E-state index contributed by atoms with van der Waals surface area (Å²) in [6, 6.07) is 18.4. The first-order valence-corrected chi connectivity index (χ1v) is 12.1. The summed E-state index contributed by atoms with van der Waals surface area (Å²) in [5.74, 6) is 0.137. The fraction of sp³-hybridized carbons (Fsp3) is 0.462. The molecule has 2 N–H and O–H groups in total. The van der Waals surface area contributed by atoms with Crippen LogP contribution in [0.25, 0.3) is 0 Å². The molecule has 0 atom stereocenters. The van der Waals surface area contributed by atoms with Gasteiger partial charge in [-0.1, -0.05) is 43.2 Å². The van der Waals surface area contributed by atoms with Crippen molar-refractivity contribution in [2.45, 2.75) is 63.3 Å². The smallest absolute Gasteiger partial charge is 0.253 e. The molecule has 1 aliphatic heterocycles. The van der Waals surface area contributed by atoms with E-state index in [9.17, 15) is 4.79 Å². The van der Waals surface area contributed by atoms with Gasteiger partial charge in [0, 0.05) is 29.9 Å². The molecular formula is C26H33N3OS. The third-order valence-corrected chi connectivity index (χ3v) is 6.91. The number of carbonyl (C=O) groups excluding carboxylic acids is 1. The second kappa shape index (κ2) is 10.3. The molecule has 0 bridgehead atoms. The van der Waals surface area contributed by atoms with Crippen LogP contribution in [0.15, 0.2) is 54.6 Å². The average Bonchev–Trinajstić information content (AvgIpc) is 3.27. The Balaban J connectivity index is 1.33. The summed E-state index contributed by atoms with van der Waals surface area (Å²) in [7, 11) is 0. The number of rotatable bonds is 6. The highest BCUT2D eigenvalue weighted by Crippen LogP contribution is 2.34. The van der Waals surface area contributed by atoms with Crippen molar-refractivity contribution in [2.24, 2.45) is 0 Å². The van der Waals surface area contributed by atoms with Crippen molar-refractivity contribution in [3.8, 4) is 0 Å². The van der Waals surface area contributed by atoms with Gasteiger partial charge < -0.3 is 15.5 Å². The third-order valence-electron chi connectivity index (χ3n) is 6.71. The van der Waals surface area contributed by atoms with Gasteiger partial charge in [-0.3, -0.25) is 4.79 Å². The maximum atomic E-state index is 12.7. The summed E-state index contributed by atoms with van der Waals surface area (Å²) in [5.41, 5.74) is 3.12. The van der Waals surface area contributed by atoms with Crippen LogP contribution < -0.4 is 10.6 Å². The van der Waals surface area contributed by atoms with Crippen molar-refractivity contribution in [2.75, 3.05) is 18.4 Å². The Kier molecular flexibility index (Phi) is 7.23. The first-order valence-electron chi connectivity index (χ1n) is 11.7. The number of hydrogen-bond acceptors (Lipinski definition) is 2. The van der Waals surface area contributed by atoms with E-state index in [0.29, 0.717) is 5.11 Å². The summed E-state index contributed by atoms with van der Waals surface area (Å²) >= 11 is 5.66. The molecule has 4 rings (SSSR count). The Labute approximate surface area is 191 Å². The standard InChI is InChI=1S/C26H33N3OS/c30-24(29-19-7-2-8-20-29)22-11-13-23(14-12-22)27-25(31)28-26(16-5-6-17-26)18-15-21-9-3-1-4-10-21/h1,3-4,9-14H,2,5-8,15-20H2,(H2,27,28,31). The minimum Gasteiger partial charge on any atom is -0.357 e. The fourth-order valence-corrected chi connectivity index (χ4v) is 5.23. The van der Waals surface area contributed by atoms with Crippen molar-refractivity contribution in [3.63, 3.8) is 0 Å². The van der Waals surface area contributed by atoms with E-state index in [1.54, 1.807) is 0 Å². The van der Waals surface area contributed by atoms with E-state index in [1.807, 2.05) is 29.2 Å². The van der Waals surface area contributed by atoms with Crippen molar-refractivity contribution in [1.82, 2.24) is 10.2 Å². The van der Waals surface area contributed by atoms with Crippen molar-refractivity contribution in [3.05, 3.63) is 65.7 Å². The lowest BCUT2D eigenvalue weighted by Crippen LogP contribution is -2.48. The molecule has 31 heavy (non-hydrogen) atoms. The van der Waals surface area contributed by atoms with E-state index < -0.39 is 0 Å². The predicted octanol–water partition coefficient (Wildman–Crippen LogP) is 5.54. The number of benzene rings is 2. The molecule has 0 aromatic heterocycles. The molecule has 5 heteroatoms. The maximum Gasteiger partial charge on any atom is 0.253 e. The molecule has 1 heterocycles. The van der Waals surface area contributed by atoms with Crippen LogP contribution in [-0.4, -0.2) is 34.5 Å². The van der Waals surface area contributed by atoms with E-state index >= 15 is 0 Å². The molecule has 1 saturated carbocycles. The minimum atomic E-state index is 0.0735. The molecule has 0 unspecified atom stereocenters. The van der Waals surface area contributed by atoms with Crippen molar-refractivity contribution >= 4 is 28.9 Å². The summed E-state index contributed by atoms with van der Waals surface area (Å²) < 4.78 is 0. The normalized spacial score (nSPS) is 17.9. The Morgan fingerprint density at radius 2 is 1.58 bits per heavy atom. The number of piperidine rings is 1. The van der Waals surface area contributed by atoms with Crippen LogP contribution in [-0.2, 0) is 6.42 Å². The number of likely N-dealkylation sites (tertiary alicyclic amines) is 1. The van der Waals surface area contributed by atoms with Crippen LogP contribution >= 0.6 is 12.2 Å². The lowest BCUT2D eigenvalue weighted by atomic mass is 9.89. The maximum absolute atomic E-state index is 12.7. The zero-order chi connectivity index (χ0) is 21.5. The van der Waals surface area contributed by atoms with Crippen molar-refractivity contribution < 1.29 is 4.79 Å². The number of nitrogens with one attached hydrogen (secondary N) is 2. The number of aryl methyl sites for hydroxylation is 1. The summed E-state index contributed by atoms with van der Waals surface area (Å²) in [6.07, 6.45) is 10.4. The first-order chi connectivity index (χ1) is 15.1. The fourth-order valence-electron chi connectivity index (χ4n) is 4.90. The summed E-state index contributed by atoms with van der Waals surface area (Å²) in [4.78, 5) is 14.6. The summed E-state index contributed by atoms with van der Waals surface area (Å²) in [5, 5.41) is 7.65. The quantitative estimate of drug-likeness (QED) is 0.584. The lowest BCUT2D eigenvalue weighted by Gasteiger charge is -2.32. The lowest BCUT2D eigenvalue weighted by molar-refractivity contribution is 0.0724. The minimum absolute atomic E-state index is 0.0735. The molecule has 1 saturated heterocycles. The van der Waals surface area contributed by atoms with Gasteiger partial charge in [0.05, 0.1) is 0 Å². The van der Waals surface area contributed by atoms with E-state index in [4.69, 9.17) is 12.2 Å². The highest BCUT2D eigenvalue weighted by molar-refractivity contribution is 7.80. The second-order valence-corrected chi connectivity index (χ2v) is 9.39. The zero-order valence-corrected chi connectivity index (χ0v) is 19.1. The van der Waals surface area contributed by atoms with Crippen LogP contribution in [0.2, 0.25) is 0 Å². The molecule has 0 radical (unpaired) electrons. The van der Waals surface area contributed by atoms with Gasteiger partial charge in [0.25, 0.3) is 5.91 Å². The van der Waals surface area contributed by atoms with Gasteiger partial charge in [-0.15, -0.1) is 0 Å². The molecule has 1 aliphatic carbocycles. The Bertz CT molecular complexity index is 869. The number of carbonyl (C=O) groups is 1. The van der Waals surface area contributed by atoms with E-state index in [1.165, 1.54) is 24.8 Å². The molecule has 2 aliphatic rings. The van der Waals surface area contributed by atoms with Gasteiger partial charge in [0.2, 0.25) is 0 Å². The number of nitrogens with zero attached hydrogens (tertiary/aromatic N) is 1. The van der Waals surface area contributed by atoms with E-state index in [0.717, 1.165) is 62.9 Å². The molecule has 2 fully saturated rings. The average molecular weight is 436 g/mol. The van der Waals surface area contributed by atoms with E-state index in [-0.39, 0.29) is 11.4 Å². The number of anilines is 1. The Morgan fingerprint density at radius 1 is 0.903 bits per heavy atom. The molecule has 0 spiro atoms.